The number of carbonyl (C=O) groups excluding carboxylic acids is 1. The van der Waals surface area contributed by atoms with Crippen LogP contribution >= 0.6 is 0 Å². The normalized spacial score (nSPS) is 16.8. The van der Waals surface area contributed by atoms with Gasteiger partial charge in [0.15, 0.2) is 0 Å². The summed E-state index contributed by atoms with van der Waals surface area (Å²) in [6, 6.07) is 17.9. The molecular weight excluding hydrogens is 402 g/mol. The van der Waals surface area contributed by atoms with Gasteiger partial charge in [0.05, 0.1) is 37.1 Å². The average molecular weight is 426 g/mol. The summed E-state index contributed by atoms with van der Waals surface area (Å²) >= 11 is 0. The van der Waals surface area contributed by atoms with Crippen molar-refractivity contribution in [2.75, 3.05) is 7.11 Å². The smallest absolute Gasteiger partial charge is 0.324 e. The molecule has 2 heterocycles. The third-order valence-electron chi connectivity index (χ3n) is 5.29. The fourth-order valence-electron chi connectivity index (χ4n) is 3.76. The number of aromatic nitrogens is 2. The van der Waals surface area contributed by atoms with Crippen LogP contribution in [-0.2, 0) is 44.8 Å². The van der Waals surface area contributed by atoms with Gasteiger partial charge in [-0.2, -0.15) is 4.31 Å². The molecule has 4 rings (SSSR count). The van der Waals surface area contributed by atoms with Crippen LogP contribution in [0.25, 0.3) is 0 Å². The highest BCUT2D eigenvalue weighted by Crippen LogP contribution is 2.28. The van der Waals surface area contributed by atoms with Crippen molar-refractivity contribution in [3.8, 4) is 0 Å². The minimum Gasteiger partial charge on any atom is -0.468 e. The van der Waals surface area contributed by atoms with Crippen molar-refractivity contribution in [1.82, 2.24) is 13.9 Å². The molecule has 8 heteroatoms. The van der Waals surface area contributed by atoms with Crippen molar-refractivity contribution in [3.05, 3.63) is 89.5 Å². The molecule has 1 aliphatic heterocycles. The van der Waals surface area contributed by atoms with E-state index in [1.807, 2.05) is 41.0 Å². The van der Waals surface area contributed by atoms with Gasteiger partial charge in [-0.15, -0.1) is 0 Å². The lowest BCUT2D eigenvalue weighted by Crippen LogP contribution is -2.49. The van der Waals surface area contributed by atoms with E-state index in [1.54, 1.807) is 30.6 Å². The maximum absolute atomic E-state index is 13.3. The lowest BCUT2D eigenvalue weighted by atomic mass is 10.1. The van der Waals surface area contributed by atoms with Crippen molar-refractivity contribution >= 4 is 16.0 Å². The van der Waals surface area contributed by atoms with E-state index in [0.717, 1.165) is 17.0 Å². The minimum absolute atomic E-state index is 0.0805. The summed E-state index contributed by atoms with van der Waals surface area (Å²) in [5.74, 6) is -0.751. The van der Waals surface area contributed by atoms with Gasteiger partial charge in [0.2, 0.25) is 10.0 Å². The fraction of sp³-hybridized carbons (Fsp3) is 0.273. The first-order valence-electron chi connectivity index (χ1n) is 9.66. The van der Waals surface area contributed by atoms with Crippen LogP contribution in [0.4, 0.5) is 0 Å². The summed E-state index contributed by atoms with van der Waals surface area (Å²) in [6.45, 7) is 0.662. The van der Waals surface area contributed by atoms with E-state index in [2.05, 4.69) is 4.98 Å². The van der Waals surface area contributed by atoms with Crippen molar-refractivity contribution < 1.29 is 17.9 Å². The second-order valence-electron chi connectivity index (χ2n) is 7.28. The zero-order valence-corrected chi connectivity index (χ0v) is 17.5. The number of sulfonamides is 1. The van der Waals surface area contributed by atoms with Gasteiger partial charge < -0.3 is 9.30 Å². The van der Waals surface area contributed by atoms with Gasteiger partial charge in [-0.05, 0) is 11.1 Å². The van der Waals surface area contributed by atoms with Crippen molar-refractivity contribution in [3.63, 3.8) is 0 Å². The maximum atomic E-state index is 13.3. The largest absolute Gasteiger partial charge is 0.468 e. The van der Waals surface area contributed by atoms with E-state index >= 15 is 0 Å². The average Bonchev–Trinajstić information content (AvgIpc) is 3.15. The molecule has 1 atom stereocenters. The lowest BCUT2D eigenvalue weighted by molar-refractivity contribution is -0.145. The monoisotopic (exact) mass is 425 g/mol. The van der Waals surface area contributed by atoms with Gasteiger partial charge in [0, 0.05) is 13.0 Å². The fourth-order valence-corrected chi connectivity index (χ4v) is 5.40. The van der Waals surface area contributed by atoms with Crippen molar-refractivity contribution in [2.45, 2.75) is 31.3 Å². The molecule has 0 spiro atoms. The summed E-state index contributed by atoms with van der Waals surface area (Å²) in [5, 5.41) is 0. The van der Waals surface area contributed by atoms with E-state index in [0.29, 0.717) is 12.1 Å². The lowest BCUT2D eigenvalue weighted by Gasteiger charge is -2.33. The molecule has 156 valence electrons. The molecule has 0 saturated carbocycles. The number of nitrogens with zero attached hydrogens (tertiary/aromatic N) is 3. The van der Waals surface area contributed by atoms with Crippen LogP contribution in [0.5, 0.6) is 0 Å². The summed E-state index contributed by atoms with van der Waals surface area (Å²) in [7, 11) is -2.49. The van der Waals surface area contributed by atoms with Crippen LogP contribution in [0.3, 0.4) is 0 Å². The summed E-state index contributed by atoms with van der Waals surface area (Å²) in [6.07, 6.45) is 1.90. The molecule has 0 N–H and O–H groups in total. The molecular formula is C22H23N3O4S. The molecule has 0 radical (unpaired) electrons. The third-order valence-corrected chi connectivity index (χ3v) is 7.09. The zero-order chi connectivity index (χ0) is 21.1. The molecule has 1 unspecified atom stereocenters. The Hall–Kier alpha value is -2.97. The minimum atomic E-state index is -3.76. The summed E-state index contributed by atoms with van der Waals surface area (Å²) < 4.78 is 34.7. The van der Waals surface area contributed by atoms with Crippen molar-refractivity contribution in [2.24, 2.45) is 0 Å². The van der Waals surface area contributed by atoms with Gasteiger partial charge in [0.25, 0.3) is 0 Å². The second-order valence-corrected chi connectivity index (χ2v) is 9.20. The number of fused-ring (bicyclic) bond motifs is 1. The Bertz CT molecular complexity index is 1130. The van der Waals surface area contributed by atoms with Crippen LogP contribution < -0.4 is 0 Å². The standard InChI is InChI=1S/C22H23N3O4S/c1-29-22(26)20-12-19-21(24(16-23-19)13-17-8-4-2-5-9-17)14-25(20)30(27,28)15-18-10-6-3-7-11-18/h2-11,16,20H,12-15H2,1H3. The van der Waals surface area contributed by atoms with Crippen molar-refractivity contribution in [1.29, 1.82) is 0 Å². The first-order valence-corrected chi connectivity index (χ1v) is 11.3. The summed E-state index contributed by atoms with van der Waals surface area (Å²) in [5.41, 5.74) is 3.29. The number of imidazole rings is 1. The molecule has 0 bridgehead atoms. The SMILES string of the molecule is COC(=O)C1Cc2ncn(Cc3ccccc3)c2CN1S(=O)(=O)Cc1ccccc1. The highest BCUT2D eigenvalue weighted by Gasteiger charge is 2.41. The predicted octanol–water partition coefficient (Wildman–Crippen LogP) is 2.36. The molecule has 1 aromatic heterocycles. The third kappa shape index (κ3) is 4.15. The molecule has 30 heavy (non-hydrogen) atoms. The molecule has 0 aliphatic carbocycles. The topological polar surface area (TPSA) is 81.5 Å². The Morgan fingerprint density at radius 2 is 1.70 bits per heavy atom. The molecule has 0 amide bonds. The number of ether oxygens (including phenoxy) is 1. The van der Waals surface area contributed by atoms with Gasteiger partial charge in [-0.3, -0.25) is 4.79 Å². The van der Waals surface area contributed by atoms with Gasteiger partial charge in [0.1, 0.15) is 6.04 Å². The van der Waals surface area contributed by atoms with E-state index in [4.69, 9.17) is 4.74 Å². The Balaban J connectivity index is 1.66. The van der Waals surface area contributed by atoms with E-state index in [-0.39, 0.29) is 18.7 Å². The number of esters is 1. The number of rotatable bonds is 6. The Labute approximate surface area is 176 Å². The number of methoxy groups -OCH3 is 1. The van der Waals surface area contributed by atoms with E-state index < -0.39 is 22.0 Å². The highest BCUT2D eigenvalue weighted by molar-refractivity contribution is 7.88. The second kappa shape index (κ2) is 8.41. The van der Waals surface area contributed by atoms with E-state index in [9.17, 15) is 13.2 Å². The van der Waals surface area contributed by atoms with E-state index in [1.165, 1.54) is 11.4 Å². The van der Waals surface area contributed by atoms with Gasteiger partial charge in [-0.25, -0.2) is 13.4 Å². The Morgan fingerprint density at radius 1 is 1.07 bits per heavy atom. The van der Waals surface area contributed by atoms with Crippen LogP contribution in [0.1, 0.15) is 22.5 Å². The first kappa shape index (κ1) is 20.3. The van der Waals surface area contributed by atoms with Gasteiger partial charge in [-0.1, -0.05) is 60.7 Å². The number of carbonyl (C=O) groups is 1. The summed E-state index contributed by atoms with van der Waals surface area (Å²) in [4.78, 5) is 16.9. The quantitative estimate of drug-likeness (QED) is 0.567. The highest BCUT2D eigenvalue weighted by atomic mass is 32.2. The molecule has 0 saturated heterocycles. The van der Waals surface area contributed by atoms with Crippen LogP contribution in [-0.4, -0.2) is 41.4 Å². The first-order chi connectivity index (χ1) is 14.5. The number of hydrogen-bond donors (Lipinski definition) is 0. The number of hydrogen-bond acceptors (Lipinski definition) is 5. The Morgan fingerprint density at radius 3 is 2.33 bits per heavy atom. The molecule has 0 fully saturated rings. The molecule has 7 nitrogen and oxygen atoms in total. The van der Waals surface area contributed by atoms with Crippen LogP contribution in [0, 0.1) is 0 Å². The molecule has 2 aromatic carbocycles. The van der Waals surface area contributed by atoms with Crippen LogP contribution in [0.2, 0.25) is 0 Å². The maximum Gasteiger partial charge on any atom is 0.324 e. The predicted molar refractivity (Wildman–Crippen MR) is 112 cm³/mol. The van der Waals surface area contributed by atoms with Gasteiger partial charge >= 0.3 is 5.97 Å². The molecule has 1 aliphatic rings. The van der Waals surface area contributed by atoms with Crippen LogP contribution in [0.15, 0.2) is 67.0 Å². The Kier molecular flexibility index (Phi) is 5.69. The zero-order valence-electron chi connectivity index (χ0n) is 16.6. The molecule has 3 aromatic rings. The number of benzene rings is 2.